The normalized spacial score (nSPS) is 24.4. The van der Waals surface area contributed by atoms with Gasteiger partial charge in [0.2, 0.25) is 0 Å². The average molecular weight is 305 g/mol. The third kappa shape index (κ3) is 2.83. The van der Waals surface area contributed by atoms with Crippen LogP contribution in [0.2, 0.25) is 0 Å². The molecule has 0 aliphatic heterocycles. The van der Waals surface area contributed by atoms with Crippen molar-refractivity contribution in [2.24, 2.45) is 5.92 Å². The second-order valence-corrected chi connectivity index (χ2v) is 7.20. The van der Waals surface area contributed by atoms with Crippen molar-refractivity contribution < 1.29 is 0 Å². The summed E-state index contributed by atoms with van der Waals surface area (Å²) in [5, 5.41) is -0.0419. The molecule has 0 radical (unpaired) electrons. The van der Waals surface area contributed by atoms with Gasteiger partial charge in [0.1, 0.15) is 5.82 Å². The van der Waals surface area contributed by atoms with E-state index in [2.05, 4.69) is 36.6 Å². The minimum Gasteiger partial charge on any atom is -0.324 e. The predicted molar refractivity (Wildman–Crippen MR) is 90.0 cm³/mol. The number of rotatable bonds is 3. The van der Waals surface area contributed by atoms with Crippen LogP contribution in [-0.4, -0.2) is 9.55 Å². The summed E-state index contributed by atoms with van der Waals surface area (Å²) in [4.78, 5) is 4.81. The first kappa shape index (κ1) is 14.9. The highest BCUT2D eigenvalue weighted by atomic mass is 35.5. The Hall–Kier alpha value is -1.02. The fourth-order valence-electron chi connectivity index (χ4n) is 3.75. The number of imidazole rings is 1. The lowest BCUT2D eigenvalue weighted by molar-refractivity contribution is 0.261. The molecule has 1 heterocycles. The number of fused-ring (bicyclic) bond motifs is 1. The Labute approximate surface area is 132 Å². The molecule has 0 bridgehead atoms. The van der Waals surface area contributed by atoms with Gasteiger partial charge in [0.15, 0.2) is 0 Å². The summed E-state index contributed by atoms with van der Waals surface area (Å²) in [5.74, 6) is 1.89. The summed E-state index contributed by atoms with van der Waals surface area (Å²) in [7, 11) is 0. The molecular weight excluding hydrogens is 280 g/mol. The standard InChI is InChI=1S/C18H25ClN2/c1-4-14-6-5-7-15(11-14)21-17-10-12(2)8-9-16(17)20-18(21)13(3)19/h8-10,13-15H,4-7,11H2,1-3H3. The third-order valence-corrected chi connectivity index (χ3v) is 5.12. The zero-order chi connectivity index (χ0) is 15.0. The molecule has 0 saturated heterocycles. The Bertz CT molecular complexity index is 629. The van der Waals surface area contributed by atoms with Gasteiger partial charge in [0.25, 0.3) is 0 Å². The molecule has 1 aromatic heterocycles. The maximum absolute atomic E-state index is 6.43. The van der Waals surface area contributed by atoms with Gasteiger partial charge in [0, 0.05) is 6.04 Å². The summed E-state index contributed by atoms with van der Waals surface area (Å²) in [6, 6.07) is 7.09. The molecule has 3 unspecified atom stereocenters. The van der Waals surface area contributed by atoms with E-state index in [1.807, 2.05) is 6.92 Å². The average Bonchev–Trinajstić information content (AvgIpc) is 2.86. The van der Waals surface area contributed by atoms with Crippen molar-refractivity contribution in [2.45, 2.75) is 64.3 Å². The maximum atomic E-state index is 6.43. The molecule has 1 fully saturated rings. The summed E-state index contributed by atoms with van der Waals surface area (Å²) < 4.78 is 2.45. The molecule has 0 amide bonds. The van der Waals surface area contributed by atoms with Crippen LogP contribution < -0.4 is 0 Å². The number of aromatic nitrogens is 2. The van der Waals surface area contributed by atoms with E-state index in [1.54, 1.807) is 0 Å². The lowest BCUT2D eigenvalue weighted by Gasteiger charge is -2.31. The van der Waals surface area contributed by atoms with Gasteiger partial charge >= 0.3 is 0 Å². The topological polar surface area (TPSA) is 17.8 Å². The molecule has 3 heteroatoms. The van der Waals surface area contributed by atoms with E-state index < -0.39 is 0 Å². The van der Waals surface area contributed by atoms with Crippen LogP contribution in [0.3, 0.4) is 0 Å². The number of hydrogen-bond acceptors (Lipinski definition) is 1. The number of halogens is 1. The summed E-state index contributed by atoms with van der Waals surface area (Å²) in [5.41, 5.74) is 3.64. The van der Waals surface area contributed by atoms with Crippen LogP contribution in [0.5, 0.6) is 0 Å². The Morgan fingerprint density at radius 2 is 2.19 bits per heavy atom. The van der Waals surface area contributed by atoms with Crippen LogP contribution in [0, 0.1) is 12.8 Å². The Kier molecular flexibility index (Phi) is 4.26. The van der Waals surface area contributed by atoms with Gasteiger partial charge in [-0.2, -0.15) is 0 Å². The quantitative estimate of drug-likeness (QED) is 0.657. The summed E-state index contributed by atoms with van der Waals surface area (Å²) >= 11 is 6.43. The first-order valence-corrected chi connectivity index (χ1v) is 8.66. The Balaban J connectivity index is 2.10. The molecule has 1 saturated carbocycles. The van der Waals surface area contributed by atoms with Crippen LogP contribution in [0.1, 0.15) is 68.8 Å². The van der Waals surface area contributed by atoms with Crippen LogP contribution >= 0.6 is 11.6 Å². The predicted octanol–water partition coefficient (Wildman–Crippen LogP) is 5.79. The molecular formula is C18H25ClN2. The summed E-state index contributed by atoms with van der Waals surface area (Å²) in [6.45, 7) is 6.50. The molecule has 1 aromatic carbocycles. The highest BCUT2D eigenvalue weighted by Gasteiger charge is 2.26. The van der Waals surface area contributed by atoms with Crippen molar-refractivity contribution in [2.75, 3.05) is 0 Å². The van der Waals surface area contributed by atoms with E-state index in [1.165, 1.54) is 43.2 Å². The SMILES string of the molecule is CCC1CCCC(n2c(C(C)Cl)nc3ccc(C)cc32)C1. The molecule has 114 valence electrons. The van der Waals surface area contributed by atoms with Crippen molar-refractivity contribution in [1.82, 2.24) is 9.55 Å². The highest BCUT2D eigenvalue weighted by molar-refractivity contribution is 6.20. The largest absolute Gasteiger partial charge is 0.324 e. The van der Waals surface area contributed by atoms with Gasteiger partial charge in [0.05, 0.1) is 16.4 Å². The molecule has 21 heavy (non-hydrogen) atoms. The fourth-order valence-corrected chi connectivity index (χ4v) is 3.91. The first-order chi connectivity index (χ1) is 10.1. The maximum Gasteiger partial charge on any atom is 0.127 e. The van der Waals surface area contributed by atoms with Gasteiger partial charge in [-0.25, -0.2) is 4.98 Å². The molecule has 3 rings (SSSR count). The summed E-state index contributed by atoms with van der Waals surface area (Å²) in [6.07, 6.45) is 6.52. The number of aryl methyl sites for hydroxylation is 1. The van der Waals surface area contributed by atoms with E-state index >= 15 is 0 Å². The van der Waals surface area contributed by atoms with E-state index in [-0.39, 0.29) is 5.38 Å². The molecule has 2 nitrogen and oxygen atoms in total. The fraction of sp³-hybridized carbons (Fsp3) is 0.611. The monoisotopic (exact) mass is 304 g/mol. The van der Waals surface area contributed by atoms with Crippen LogP contribution in [-0.2, 0) is 0 Å². The van der Waals surface area contributed by atoms with Gasteiger partial charge in [-0.15, -0.1) is 11.6 Å². The zero-order valence-corrected chi connectivity index (χ0v) is 14.0. The van der Waals surface area contributed by atoms with E-state index in [0.29, 0.717) is 6.04 Å². The van der Waals surface area contributed by atoms with Crippen molar-refractivity contribution in [3.8, 4) is 0 Å². The third-order valence-electron chi connectivity index (χ3n) is 4.93. The number of nitrogens with zero attached hydrogens (tertiary/aromatic N) is 2. The Morgan fingerprint density at radius 1 is 1.38 bits per heavy atom. The number of benzene rings is 1. The molecule has 1 aliphatic rings. The molecule has 0 N–H and O–H groups in total. The minimum atomic E-state index is -0.0419. The second kappa shape index (κ2) is 6.00. The van der Waals surface area contributed by atoms with Gasteiger partial charge in [-0.3, -0.25) is 0 Å². The van der Waals surface area contributed by atoms with E-state index in [0.717, 1.165) is 17.3 Å². The lowest BCUT2D eigenvalue weighted by Crippen LogP contribution is -2.20. The zero-order valence-electron chi connectivity index (χ0n) is 13.3. The van der Waals surface area contributed by atoms with Crippen molar-refractivity contribution in [3.05, 3.63) is 29.6 Å². The first-order valence-electron chi connectivity index (χ1n) is 8.22. The van der Waals surface area contributed by atoms with Gasteiger partial charge in [-0.05, 0) is 50.3 Å². The van der Waals surface area contributed by atoms with Gasteiger partial charge < -0.3 is 4.57 Å². The molecule has 0 spiro atoms. The Morgan fingerprint density at radius 3 is 2.90 bits per heavy atom. The van der Waals surface area contributed by atoms with Crippen LogP contribution in [0.25, 0.3) is 11.0 Å². The van der Waals surface area contributed by atoms with Crippen molar-refractivity contribution >= 4 is 22.6 Å². The minimum absolute atomic E-state index is 0.0419. The lowest BCUT2D eigenvalue weighted by atomic mass is 9.84. The van der Waals surface area contributed by atoms with Crippen LogP contribution in [0.4, 0.5) is 0 Å². The second-order valence-electron chi connectivity index (χ2n) is 6.54. The number of alkyl halides is 1. The smallest absolute Gasteiger partial charge is 0.127 e. The number of hydrogen-bond donors (Lipinski definition) is 0. The van der Waals surface area contributed by atoms with Crippen molar-refractivity contribution in [1.29, 1.82) is 0 Å². The molecule has 2 aromatic rings. The van der Waals surface area contributed by atoms with Crippen LogP contribution in [0.15, 0.2) is 18.2 Å². The highest BCUT2D eigenvalue weighted by Crippen LogP contribution is 2.38. The van der Waals surface area contributed by atoms with Gasteiger partial charge in [-0.1, -0.05) is 32.3 Å². The van der Waals surface area contributed by atoms with Crippen molar-refractivity contribution in [3.63, 3.8) is 0 Å². The van der Waals surface area contributed by atoms with E-state index in [4.69, 9.17) is 16.6 Å². The molecule has 3 atom stereocenters. The molecule has 1 aliphatic carbocycles. The van der Waals surface area contributed by atoms with E-state index in [9.17, 15) is 0 Å².